The van der Waals surface area contributed by atoms with Crippen molar-refractivity contribution in [2.24, 2.45) is 7.05 Å². The number of aromatic nitrogens is 3. The lowest BCUT2D eigenvalue weighted by Crippen LogP contribution is -2.24. The van der Waals surface area contributed by atoms with Crippen LogP contribution >= 0.6 is 11.8 Å². The molecule has 0 fully saturated rings. The molecule has 2 heterocycles. The highest BCUT2D eigenvalue weighted by Gasteiger charge is 2.07. The molecule has 6 heteroatoms. The van der Waals surface area contributed by atoms with E-state index in [4.69, 9.17) is 0 Å². The van der Waals surface area contributed by atoms with Gasteiger partial charge in [0.1, 0.15) is 0 Å². The zero-order valence-corrected chi connectivity index (χ0v) is 16.7. The van der Waals surface area contributed by atoms with Gasteiger partial charge in [0, 0.05) is 41.7 Å². The Morgan fingerprint density at radius 1 is 1.19 bits per heavy atom. The van der Waals surface area contributed by atoms with Crippen molar-refractivity contribution in [3.63, 3.8) is 0 Å². The first-order valence-electron chi connectivity index (χ1n) is 8.96. The van der Waals surface area contributed by atoms with Gasteiger partial charge >= 0.3 is 0 Å². The van der Waals surface area contributed by atoms with Gasteiger partial charge in [0.25, 0.3) is 0 Å². The molecule has 5 nitrogen and oxygen atoms in total. The first-order valence-corrected chi connectivity index (χ1v) is 9.84. The van der Waals surface area contributed by atoms with Crippen molar-refractivity contribution in [3.05, 3.63) is 66.1 Å². The molecule has 0 bridgehead atoms. The number of aryl methyl sites for hydroxylation is 1. The third kappa shape index (κ3) is 5.69. The van der Waals surface area contributed by atoms with Gasteiger partial charge in [-0.05, 0) is 35.4 Å². The molecule has 0 radical (unpaired) electrons. The van der Waals surface area contributed by atoms with E-state index >= 15 is 0 Å². The van der Waals surface area contributed by atoms with Crippen LogP contribution in [0.1, 0.15) is 25.0 Å². The number of pyridine rings is 1. The molecule has 1 aromatic carbocycles. The topological polar surface area (TPSA) is 59.8 Å². The maximum Gasteiger partial charge on any atom is 0.224 e. The van der Waals surface area contributed by atoms with E-state index in [9.17, 15) is 4.79 Å². The van der Waals surface area contributed by atoms with Gasteiger partial charge < -0.3 is 5.32 Å². The predicted molar refractivity (Wildman–Crippen MR) is 109 cm³/mol. The maximum absolute atomic E-state index is 12.3. The zero-order chi connectivity index (χ0) is 19.2. The summed E-state index contributed by atoms with van der Waals surface area (Å²) in [5.74, 6) is 0.0130. The van der Waals surface area contributed by atoms with Crippen LogP contribution in [0.3, 0.4) is 0 Å². The Balaban J connectivity index is 1.55. The number of thioether (sulfide) groups is 1. The highest BCUT2D eigenvalue weighted by molar-refractivity contribution is 7.99. The Labute approximate surface area is 164 Å². The summed E-state index contributed by atoms with van der Waals surface area (Å²) in [6, 6.07) is 12.1. The molecule has 1 amide bonds. The number of nitrogens with one attached hydrogen (secondary N) is 1. The van der Waals surface area contributed by atoms with Crippen LogP contribution in [0.5, 0.6) is 0 Å². The first-order chi connectivity index (χ1) is 13.0. The number of amides is 1. The fraction of sp³-hybridized carbons (Fsp3) is 0.286. The summed E-state index contributed by atoms with van der Waals surface area (Å²) in [5.41, 5.74) is 3.85. The monoisotopic (exact) mass is 380 g/mol. The number of carbonyl (C=O) groups is 1. The van der Waals surface area contributed by atoms with E-state index in [-0.39, 0.29) is 5.91 Å². The standard InChI is InChI=1S/C21H24N4OS/c1-15(2)27-19-6-4-16(5-7-19)11-21(26)23-12-17-8-9-22-20(10-17)18-13-24-25(3)14-18/h4-10,13-15H,11-12H2,1-3H3,(H,23,26). The molecule has 0 aliphatic rings. The lowest BCUT2D eigenvalue weighted by molar-refractivity contribution is -0.120. The molecule has 0 aliphatic carbocycles. The van der Waals surface area contributed by atoms with Crippen molar-refractivity contribution in [3.8, 4) is 11.3 Å². The van der Waals surface area contributed by atoms with E-state index in [1.807, 2.05) is 49.3 Å². The van der Waals surface area contributed by atoms with Crippen molar-refractivity contribution in [2.75, 3.05) is 0 Å². The van der Waals surface area contributed by atoms with Gasteiger partial charge in [0.2, 0.25) is 5.91 Å². The summed E-state index contributed by atoms with van der Waals surface area (Å²) in [4.78, 5) is 17.9. The Morgan fingerprint density at radius 3 is 2.63 bits per heavy atom. The molecule has 0 saturated heterocycles. The highest BCUT2D eigenvalue weighted by atomic mass is 32.2. The zero-order valence-electron chi connectivity index (χ0n) is 15.8. The molecule has 0 saturated carbocycles. The SMILES string of the molecule is CC(C)Sc1ccc(CC(=O)NCc2ccnc(-c3cnn(C)c3)c2)cc1. The number of hydrogen-bond donors (Lipinski definition) is 1. The smallest absolute Gasteiger partial charge is 0.224 e. The van der Waals surface area contributed by atoms with Gasteiger partial charge in [0.05, 0.1) is 18.3 Å². The summed E-state index contributed by atoms with van der Waals surface area (Å²) in [5, 5.41) is 7.71. The van der Waals surface area contributed by atoms with E-state index in [1.54, 1.807) is 17.1 Å². The second kappa shape index (κ2) is 8.86. The van der Waals surface area contributed by atoms with Gasteiger partial charge in [-0.1, -0.05) is 26.0 Å². The summed E-state index contributed by atoms with van der Waals surface area (Å²) in [7, 11) is 1.88. The van der Waals surface area contributed by atoms with Gasteiger partial charge in [-0.15, -0.1) is 11.8 Å². The summed E-state index contributed by atoms with van der Waals surface area (Å²) in [6.07, 6.45) is 5.85. The lowest BCUT2D eigenvalue weighted by Gasteiger charge is -2.08. The van der Waals surface area contributed by atoms with Crippen molar-refractivity contribution < 1.29 is 4.79 Å². The Kier molecular flexibility index (Phi) is 6.29. The summed E-state index contributed by atoms with van der Waals surface area (Å²) in [6.45, 7) is 4.82. The third-order valence-corrected chi connectivity index (χ3v) is 4.99. The van der Waals surface area contributed by atoms with Crippen LogP contribution in [0.25, 0.3) is 11.3 Å². The first kappa shape index (κ1) is 19.2. The average molecular weight is 381 g/mol. The molecular weight excluding hydrogens is 356 g/mol. The fourth-order valence-electron chi connectivity index (χ4n) is 2.70. The van der Waals surface area contributed by atoms with E-state index < -0.39 is 0 Å². The molecular formula is C21H24N4OS. The van der Waals surface area contributed by atoms with Crippen molar-refractivity contribution in [2.45, 2.75) is 37.0 Å². The van der Waals surface area contributed by atoms with Crippen LogP contribution in [0.4, 0.5) is 0 Å². The minimum Gasteiger partial charge on any atom is -0.352 e. The number of rotatable bonds is 7. The molecule has 0 spiro atoms. The van der Waals surface area contributed by atoms with Crippen molar-refractivity contribution in [1.29, 1.82) is 0 Å². The lowest BCUT2D eigenvalue weighted by atomic mass is 10.1. The minimum atomic E-state index is 0.0130. The summed E-state index contributed by atoms with van der Waals surface area (Å²) >= 11 is 1.82. The molecule has 3 rings (SSSR count). The molecule has 0 atom stereocenters. The minimum absolute atomic E-state index is 0.0130. The highest BCUT2D eigenvalue weighted by Crippen LogP contribution is 2.23. The molecule has 140 valence electrons. The molecule has 1 N–H and O–H groups in total. The van der Waals surface area contributed by atoms with Gasteiger partial charge in [-0.2, -0.15) is 5.10 Å². The largest absolute Gasteiger partial charge is 0.352 e. The molecule has 0 unspecified atom stereocenters. The van der Waals surface area contributed by atoms with E-state index in [2.05, 4.69) is 41.4 Å². The molecule has 3 aromatic rings. The Bertz CT molecular complexity index is 903. The van der Waals surface area contributed by atoms with Gasteiger partial charge in [0.15, 0.2) is 0 Å². The van der Waals surface area contributed by atoms with Crippen LogP contribution in [0, 0.1) is 0 Å². The van der Waals surface area contributed by atoms with Crippen LogP contribution in [0.2, 0.25) is 0 Å². The van der Waals surface area contributed by atoms with Gasteiger partial charge in [-0.25, -0.2) is 0 Å². The molecule has 27 heavy (non-hydrogen) atoms. The van der Waals surface area contributed by atoms with Crippen molar-refractivity contribution >= 4 is 17.7 Å². The van der Waals surface area contributed by atoms with Crippen LogP contribution < -0.4 is 5.32 Å². The number of nitrogens with zero attached hydrogens (tertiary/aromatic N) is 3. The van der Waals surface area contributed by atoms with E-state index in [1.165, 1.54) is 4.90 Å². The van der Waals surface area contributed by atoms with Crippen LogP contribution in [-0.2, 0) is 24.8 Å². The Hall–Kier alpha value is -2.60. The maximum atomic E-state index is 12.3. The quantitative estimate of drug-likeness (QED) is 0.633. The normalized spacial score (nSPS) is 11.0. The van der Waals surface area contributed by atoms with Crippen LogP contribution in [0.15, 0.2) is 59.9 Å². The van der Waals surface area contributed by atoms with E-state index in [0.29, 0.717) is 18.2 Å². The second-order valence-corrected chi connectivity index (χ2v) is 8.37. The second-order valence-electron chi connectivity index (χ2n) is 6.72. The number of carbonyl (C=O) groups excluding carboxylic acids is 1. The van der Waals surface area contributed by atoms with Crippen molar-refractivity contribution in [1.82, 2.24) is 20.1 Å². The average Bonchev–Trinajstić information content (AvgIpc) is 3.08. The summed E-state index contributed by atoms with van der Waals surface area (Å²) < 4.78 is 1.75. The molecule has 0 aliphatic heterocycles. The molecule has 2 aromatic heterocycles. The Morgan fingerprint density at radius 2 is 1.96 bits per heavy atom. The van der Waals surface area contributed by atoms with E-state index in [0.717, 1.165) is 22.4 Å². The number of hydrogen-bond acceptors (Lipinski definition) is 4. The fourth-order valence-corrected chi connectivity index (χ4v) is 3.54. The number of benzene rings is 1. The predicted octanol–water partition coefficient (Wildman–Crippen LogP) is 3.84. The third-order valence-electron chi connectivity index (χ3n) is 3.97. The van der Waals surface area contributed by atoms with Gasteiger partial charge in [-0.3, -0.25) is 14.5 Å². The van der Waals surface area contributed by atoms with Crippen LogP contribution in [-0.4, -0.2) is 25.9 Å².